The number of aromatic nitrogens is 4. The van der Waals surface area contributed by atoms with Gasteiger partial charge in [0.25, 0.3) is 0 Å². The largest absolute Gasteiger partial charge is 0.495 e. The third-order valence-electron chi connectivity index (χ3n) is 11.6. The molecule has 2 aromatic carbocycles. The number of carbonyl (C=O) groups is 4. The SMILES string of the molecule is C.C=CC(=O)N[C@H]1COC[C@H]1Nc1ncc2c(n1)N(C)C(=O)N(c1c(Cl)c(OC)cc(OC)c1Cl)C2.CCC(=O)N[C@H]1COC[C@H]1Nc1ncc2c(n1)N(C)C(=O)N(c1c(Cl)c(OC)cc(OC)c1Cl)C2. The summed E-state index contributed by atoms with van der Waals surface area (Å²) in [7, 11) is 9.05. The van der Waals surface area contributed by atoms with Gasteiger partial charge in [-0.15, -0.1) is 0 Å². The smallest absolute Gasteiger partial charge is 0.330 e. The second kappa shape index (κ2) is 23.3. The summed E-state index contributed by atoms with van der Waals surface area (Å²) < 4.78 is 32.3. The molecule has 4 aliphatic rings. The van der Waals surface area contributed by atoms with Gasteiger partial charge >= 0.3 is 12.1 Å². The Balaban J connectivity index is 0.000000229. The predicted octanol–water partition coefficient (Wildman–Crippen LogP) is 6.58. The van der Waals surface area contributed by atoms with Crippen LogP contribution < -0.4 is 59.8 Å². The molecule has 2 aromatic heterocycles. The molecule has 0 bridgehead atoms. The Morgan fingerprint density at radius 1 is 0.676 bits per heavy atom. The third-order valence-corrected chi connectivity index (χ3v) is 13.1. The van der Waals surface area contributed by atoms with Gasteiger partial charge in [-0.25, -0.2) is 19.6 Å². The van der Waals surface area contributed by atoms with Gasteiger partial charge in [-0.3, -0.25) is 29.2 Å². The van der Waals surface area contributed by atoms with E-state index in [1.807, 2.05) is 0 Å². The van der Waals surface area contributed by atoms with Crippen LogP contribution in [0.15, 0.2) is 37.2 Å². The molecule has 8 rings (SSSR count). The minimum atomic E-state index is -0.401. The highest BCUT2D eigenvalue weighted by molar-refractivity contribution is 6.43. The van der Waals surface area contributed by atoms with Gasteiger partial charge in [-0.05, 0) is 6.08 Å². The molecule has 0 saturated carbocycles. The quantitative estimate of drug-likeness (QED) is 0.0977. The molecule has 6 amide bonds. The van der Waals surface area contributed by atoms with Gasteiger partial charge in [0.1, 0.15) is 54.7 Å². The molecule has 382 valence electrons. The normalized spacial score (nSPS) is 19.1. The maximum atomic E-state index is 13.4. The fourth-order valence-corrected chi connectivity index (χ4v) is 9.30. The monoisotopic (exact) mass is 1060 g/mol. The Morgan fingerprint density at radius 2 is 1.04 bits per heavy atom. The fraction of sp³-hybridized carbons (Fsp3) is 0.422. The molecule has 71 heavy (non-hydrogen) atoms. The molecule has 0 spiro atoms. The fourth-order valence-electron chi connectivity index (χ4n) is 7.89. The molecule has 0 aliphatic carbocycles. The first-order chi connectivity index (χ1) is 33.6. The minimum Gasteiger partial charge on any atom is -0.495 e. The Morgan fingerprint density at radius 3 is 1.39 bits per heavy atom. The maximum absolute atomic E-state index is 13.4. The van der Waals surface area contributed by atoms with Crippen molar-refractivity contribution >= 4 is 105 Å². The molecule has 22 nitrogen and oxygen atoms in total. The van der Waals surface area contributed by atoms with Crippen molar-refractivity contribution in [3.05, 3.63) is 68.4 Å². The van der Waals surface area contributed by atoms with Crippen molar-refractivity contribution in [2.75, 3.05) is 99.2 Å². The number of rotatable bonds is 14. The first-order valence-corrected chi connectivity index (χ1v) is 23.0. The number of anilines is 6. The number of hydrogen-bond donors (Lipinski definition) is 4. The summed E-state index contributed by atoms with van der Waals surface area (Å²) in [4.78, 5) is 73.7. The number of amides is 6. The molecule has 4 aromatic rings. The number of benzene rings is 2. The van der Waals surface area contributed by atoms with Crippen LogP contribution in [0.1, 0.15) is 31.9 Å². The molecule has 26 heteroatoms. The molecule has 2 saturated heterocycles. The lowest BCUT2D eigenvalue weighted by molar-refractivity contribution is -0.121. The highest BCUT2D eigenvalue weighted by Crippen LogP contribution is 2.49. The topological polar surface area (TPSA) is 236 Å². The van der Waals surface area contributed by atoms with Gasteiger partial charge in [0.2, 0.25) is 23.7 Å². The second-order valence-corrected chi connectivity index (χ2v) is 17.4. The summed E-state index contributed by atoms with van der Waals surface area (Å²) in [6.07, 6.45) is 4.84. The van der Waals surface area contributed by atoms with Crippen LogP contribution in [-0.2, 0) is 32.2 Å². The van der Waals surface area contributed by atoms with Crippen molar-refractivity contribution in [1.82, 2.24) is 30.6 Å². The van der Waals surface area contributed by atoms with Crippen molar-refractivity contribution in [2.24, 2.45) is 0 Å². The number of urea groups is 2. The summed E-state index contributed by atoms with van der Waals surface area (Å²) >= 11 is 26.1. The lowest BCUT2D eigenvalue weighted by Gasteiger charge is -2.35. The van der Waals surface area contributed by atoms with Crippen LogP contribution in [0.2, 0.25) is 20.1 Å². The molecule has 4 atom stereocenters. The zero-order valence-corrected chi connectivity index (χ0v) is 42.0. The average Bonchev–Trinajstić information content (AvgIpc) is 4.00. The summed E-state index contributed by atoms with van der Waals surface area (Å²) in [5.74, 6) is 2.41. The molecular formula is C45H54Cl4N12O10. The van der Waals surface area contributed by atoms with E-state index in [2.05, 4.69) is 47.8 Å². The molecule has 0 radical (unpaired) electrons. The number of methoxy groups -OCH3 is 4. The average molecular weight is 1060 g/mol. The number of nitrogens with zero attached hydrogens (tertiary/aromatic N) is 8. The number of hydrogen-bond acceptors (Lipinski definition) is 16. The van der Waals surface area contributed by atoms with Crippen LogP contribution in [0.25, 0.3) is 0 Å². The highest BCUT2D eigenvalue weighted by atomic mass is 35.5. The Hall–Kier alpha value is -6.30. The zero-order valence-electron chi connectivity index (χ0n) is 39.0. The van der Waals surface area contributed by atoms with Gasteiger partial charge in [-0.1, -0.05) is 67.3 Å². The van der Waals surface area contributed by atoms with Crippen LogP contribution >= 0.6 is 46.4 Å². The van der Waals surface area contributed by atoms with E-state index < -0.39 is 12.1 Å². The van der Waals surface area contributed by atoms with Crippen LogP contribution in [0, 0.1) is 0 Å². The van der Waals surface area contributed by atoms with Gasteiger partial charge in [0.05, 0.1) is 103 Å². The van der Waals surface area contributed by atoms with Gasteiger partial charge in [-0.2, -0.15) is 9.97 Å². The van der Waals surface area contributed by atoms with Crippen molar-refractivity contribution < 1.29 is 47.6 Å². The van der Waals surface area contributed by atoms with Crippen LogP contribution in [0.3, 0.4) is 0 Å². The molecular weight excluding hydrogens is 1010 g/mol. The van der Waals surface area contributed by atoms with E-state index in [-0.39, 0.29) is 88.0 Å². The molecule has 4 N–H and O–H groups in total. The number of ether oxygens (including phenoxy) is 6. The number of halogens is 4. The predicted molar refractivity (Wildman–Crippen MR) is 271 cm³/mol. The molecule has 6 heterocycles. The molecule has 2 fully saturated rings. The third kappa shape index (κ3) is 11.1. The number of fused-ring (bicyclic) bond motifs is 2. The van der Waals surface area contributed by atoms with Crippen LogP contribution in [0.4, 0.5) is 44.5 Å². The summed E-state index contributed by atoms with van der Waals surface area (Å²) in [6, 6.07) is 1.39. The summed E-state index contributed by atoms with van der Waals surface area (Å²) in [6.45, 7) is 7.01. The first-order valence-electron chi connectivity index (χ1n) is 21.5. The molecule has 4 aliphatic heterocycles. The Labute approximate surface area is 430 Å². The molecule has 0 unspecified atom stereocenters. The summed E-state index contributed by atoms with van der Waals surface area (Å²) in [5, 5.41) is 12.9. The van der Waals surface area contributed by atoms with Crippen LogP contribution in [-0.4, -0.2) is 137 Å². The van der Waals surface area contributed by atoms with Gasteiger partial charge < -0.3 is 49.7 Å². The minimum absolute atomic E-state index is 0. The Kier molecular flexibility index (Phi) is 17.7. The standard InChI is InChI=1S/C22H26Cl2N6O5.C22H24Cl2N6O5.CH4/c2*1-5-16(31)26-12-9-35-10-13(12)27-21-25-7-11-8-30(22(32)29(2)20(11)28-21)19-17(23)14(33-3)6-15(34-4)18(19)24;/h6-7,12-13H,5,8-10H2,1-4H3,(H,26,31)(H,25,27,28);5-7,12-13H,1,8-10H2,2-4H3,(H,26,31)(H,25,27,28);1H4/t2*12-,13+;/m00./s1. The van der Waals surface area contributed by atoms with Gasteiger partial charge in [0, 0.05) is 56.2 Å². The summed E-state index contributed by atoms with van der Waals surface area (Å²) in [5.41, 5.74) is 1.89. The number of nitrogens with one attached hydrogen (secondary N) is 4. The van der Waals surface area contributed by atoms with E-state index in [1.165, 1.54) is 54.1 Å². The van der Waals surface area contributed by atoms with Crippen molar-refractivity contribution in [3.63, 3.8) is 0 Å². The van der Waals surface area contributed by atoms with E-state index in [1.54, 1.807) is 45.5 Å². The number of carbonyl (C=O) groups excluding carboxylic acids is 4. The van der Waals surface area contributed by atoms with Crippen molar-refractivity contribution in [3.8, 4) is 23.0 Å². The van der Waals surface area contributed by atoms with E-state index >= 15 is 0 Å². The highest BCUT2D eigenvalue weighted by Gasteiger charge is 2.38. The van der Waals surface area contributed by atoms with E-state index in [0.29, 0.717) is 90.5 Å². The lowest BCUT2D eigenvalue weighted by Crippen LogP contribution is -2.47. The van der Waals surface area contributed by atoms with E-state index in [4.69, 9.17) is 74.8 Å². The van der Waals surface area contributed by atoms with E-state index in [0.717, 1.165) is 0 Å². The van der Waals surface area contributed by atoms with Crippen molar-refractivity contribution in [2.45, 2.75) is 58.0 Å². The van der Waals surface area contributed by atoms with Crippen LogP contribution in [0.5, 0.6) is 23.0 Å². The Bertz CT molecular complexity index is 2630. The zero-order chi connectivity index (χ0) is 50.6. The van der Waals surface area contributed by atoms with E-state index in [9.17, 15) is 19.2 Å². The maximum Gasteiger partial charge on any atom is 0.330 e. The van der Waals surface area contributed by atoms with Crippen molar-refractivity contribution in [1.29, 1.82) is 0 Å². The second-order valence-electron chi connectivity index (χ2n) is 15.9. The lowest BCUT2D eigenvalue weighted by atomic mass is 10.1. The first kappa shape index (κ1) is 54.0. The van der Waals surface area contributed by atoms with Gasteiger partial charge in [0.15, 0.2) is 0 Å².